The van der Waals surface area contributed by atoms with Gasteiger partial charge >= 0.3 is 0 Å². The van der Waals surface area contributed by atoms with Crippen LogP contribution in [0.15, 0.2) is 22.7 Å². The molecule has 4 nitrogen and oxygen atoms in total. The van der Waals surface area contributed by atoms with Gasteiger partial charge < -0.3 is 9.63 Å². The summed E-state index contributed by atoms with van der Waals surface area (Å²) in [7, 11) is 0. The van der Waals surface area contributed by atoms with E-state index in [0.29, 0.717) is 18.1 Å². The summed E-state index contributed by atoms with van der Waals surface area (Å²) in [4.78, 5) is 4.15. The first kappa shape index (κ1) is 9.98. The molecule has 78 valence electrons. The normalized spacial score (nSPS) is 10.5. The molecule has 2 rings (SSSR count). The van der Waals surface area contributed by atoms with E-state index in [2.05, 4.69) is 10.1 Å². The Labute approximate surface area is 91.5 Å². The summed E-state index contributed by atoms with van der Waals surface area (Å²) in [5.74, 6) is 1.10. The van der Waals surface area contributed by atoms with E-state index in [0.717, 1.165) is 5.56 Å². The van der Waals surface area contributed by atoms with E-state index in [1.54, 1.807) is 12.1 Å². The number of phenols is 1. The Bertz CT molecular complexity index is 482. The van der Waals surface area contributed by atoms with Crippen molar-refractivity contribution < 1.29 is 9.63 Å². The van der Waals surface area contributed by atoms with Crippen LogP contribution in [0.2, 0.25) is 5.02 Å². The summed E-state index contributed by atoms with van der Waals surface area (Å²) in [5, 5.41) is 13.3. The Morgan fingerprint density at radius 1 is 1.47 bits per heavy atom. The van der Waals surface area contributed by atoms with Gasteiger partial charge in [-0.15, -0.1) is 0 Å². The van der Waals surface area contributed by atoms with Crippen LogP contribution >= 0.6 is 11.6 Å². The van der Waals surface area contributed by atoms with Crippen molar-refractivity contribution in [1.82, 2.24) is 10.1 Å². The standard InChI is InChI=1S/C10H9ClN2O2/c1-2-9-12-10(13-15-9)6-3-4-8(14)7(11)5-6/h3-5,14H,2H2,1H3. The fourth-order valence-corrected chi connectivity index (χ4v) is 1.34. The maximum Gasteiger partial charge on any atom is 0.226 e. The highest BCUT2D eigenvalue weighted by Crippen LogP contribution is 2.27. The molecule has 0 bridgehead atoms. The average Bonchev–Trinajstić information content (AvgIpc) is 2.70. The Balaban J connectivity index is 2.40. The second-order valence-electron chi connectivity index (χ2n) is 3.03. The first-order valence-corrected chi connectivity index (χ1v) is 4.90. The van der Waals surface area contributed by atoms with Crippen molar-refractivity contribution in [2.75, 3.05) is 0 Å². The second-order valence-corrected chi connectivity index (χ2v) is 3.44. The Kier molecular flexibility index (Phi) is 2.60. The van der Waals surface area contributed by atoms with Gasteiger partial charge in [-0.1, -0.05) is 23.7 Å². The van der Waals surface area contributed by atoms with Gasteiger partial charge in [0.25, 0.3) is 0 Å². The van der Waals surface area contributed by atoms with Gasteiger partial charge in [0.1, 0.15) is 5.75 Å². The number of hydrogen-bond donors (Lipinski definition) is 1. The first-order chi connectivity index (χ1) is 7.20. The van der Waals surface area contributed by atoms with Gasteiger partial charge in [-0.3, -0.25) is 0 Å². The van der Waals surface area contributed by atoms with E-state index in [-0.39, 0.29) is 10.8 Å². The summed E-state index contributed by atoms with van der Waals surface area (Å²) in [6.45, 7) is 1.93. The zero-order valence-electron chi connectivity index (χ0n) is 8.07. The molecule has 15 heavy (non-hydrogen) atoms. The molecule has 0 atom stereocenters. The number of aromatic hydroxyl groups is 1. The van der Waals surface area contributed by atoms with Crippen LogP contribution in [-0.2, 0) is 6.42 Å². The van der Waals surface area contributed by atoms with Crippen molar-refractivity contribution in [3.8, 4) is 17.1 Å². The number of aryl methyl sites for hydroxylation is 1. The molecule has 0 fully saturated rings. The minimum Gasteiger partial charge on any atom is -0.506 e. The van der Waals surface area contributed by atoms with Gasteiger partial charge in [-0.05, 0) is 18.2 Å². The molecular weight excluding hydrogens is 216 g/mol. The first-order valence-electron chi connectivity index (χ1n) is 4.52. The Morgan fingerprint density at radius 2 is 2.27 bits per heavy atom. The smallest absolute Gasteiger partial charge is 0.226 e. The molecular formula is C10H9ClN2O2. The highest BCUT2D eigenvalue weighted by molar-refractivity contribution is 6.32. The van der Waals surface area contributed by atoms with Crippen molar-refractivity contribution in [1.29, 1.82) is 0 Å². The molecule has 0 radical (unpaired) electrons. The van der Waals surface area contributed by atoms with E-state index in [1.165, 1.54) is 6.07 Å². The average molecular weight is 225 g/mol. The van der Waals surface area contributed by atoms with Gasteiger partial charge in [0.2, 0.25) is 11.7 Å². The molecule has 0 unspecified atom stereocenters. The number of rotatable bonds is 2. The molecule has 5 heteroatoms. The molecule has 1 N–H and O–H groups in total. The Hall–Kier alpha value is -1.55. The minimum atomic E-state index is 0.0413. The number of hydrogen-bond acceptors (Lipinski definition) is 4. The number of aromatic nitrogens is 2. The van der Waals surface area contributed by atoms with Crippen molar-refractivity contribution >= 4 is 11.6 Å². The monoisotopic (exact) mass is 224 g/mol. The summed E-state index contributed by atoms with van der Waals surface area (Å²) in [6.07, 6.45) is 0.693. The molecule has 0 spiro atoms. The van der Waals surface area contributed by atoms with Crippen LogP contribution in [0.4, 0.5) is 0 Å². The minimum absolute atomic E-state index is 0.0413. The SMILES string of the molecule is CCc1nc(-c2ccc(O)c(Cl)c2)no1. The zero-order chi connectivity index (χ0) is 10.8. The predicted octanol–water partition coefficient (Wildman–Crippen LogP) is 2.66. The lowest BCUT2D eigenvalue weighted by atomic mass is 10.2. The van der Waals surface area contributed by atoms with Crippen LogP contribution in [0, 0.1) is 0 Å². The van der Waals surface area contributed by atoms with E-state index in [1.807, 2.05) is 6.92 Å². The fourth-order valence-electron chi connectivity index (χ4n) is 1.16. The Morgan fingerprint density at radius 3 is 2.87 bits per heavy atom. The van der Waals surface area contributed by atoms with Gasteiger partial charge in [0.05, 0.1) is 5.02 Å². The molecule has 0 saturated carbocycles. The summed E-state index contributed by atoms with van der Waals surface area (Å²) < 4.78 is 4.97. The van der Waals surface area contributed by atoms with Crippen LogP contribution in [-0.4, -0.2) is 15.2 Å². The lowest BCUT2D eigenvalue weighted by Crippen LogP contribution is -1.82. The van der Waals surface area contributed by atoms with Crippen molar-refractivity contribution in [2.24, 2.45) is 0 Å². The van der Waals surface area contributed by atoms with Gasteiger partial charge in [-0.2, -0.15) is 4.98 Å². The molecule has 2 aromatic rings. The molecule has 1 heterocycles. The van der Waals surface area contributed by atoms with Crippen molar-refractivity contribution in [3.63, 3.8) is 0 Å². The summed E-state index contributed by atoms with van der Waals surface area (Å²) >= 11 is 5.77. The molecule has 1 aromatic heterocycles. The maximum atomic E-state index is 9.25. The third kappa shape index (κ3) is 1.94. The van der Waals surface area contributed by atoms with Gasteiger partial charge in [-0.25, -0.2) is 0 Å². The number of benzene rings is 1. The van der Waals surface area contributed by atoms with Crippen LogP contribution < -0.4 is 0 Å². The largest absolute Gasteiger partial charge is 0.506 e. The molecule has 0 saturated heterocycles. The molecule has 1 aromatic carbocycles. The molecule has 0 aliphatic rings. The van der Waals surface area contributed by atoms with E-state index in [9.17, 15) is 5.11 Å². The molecule has 0 aliphatic carbocycles. The summed E-state index contributed by atoms with van der Waals surface area (Å²) in [6, 6.07) is 4.78. The zero-order valence-corrected chi connectivity index (χ0v) is 8.82. The van der Waals surface area contributed by atoms with Gasteiger partial charge in [0, 0.05) is 12.0 Å². The second kappa shape index (κ2) is 3.90. The summed E-state index contributed by atoms with van der Waals surface area (Å²) in [5.41, 5.74) is 0.723. The quantitative estimate of drug-likeness (QED) is 0.852. The molecule has 0 amide bonds. The van der Waals surface area contributed by atoms with Crippen LogP contribution in [0.3, 0.4) is 0 Å². The lowest BCUT2D eigenvalue weighted by molar-refractivity contribution is 0.383. The fraction of sp³-hybridized carbons (Fsp3) is 0.200. The van der Waals surface area contributed by atoms with Crippen LogP contribution in [0.1, 0.15) is 12.8 Å². The number of phenolic OH excluding ortho intramolecular Hbond substituents is 1. The third-order valence-corrected chi connectivity index (χ3v) is 2.28. The highest BCUT2D eigenvalue weighted by Gasteiger charge is 2.08. The topological polar surface area (TPSA) is 59.2 Å². The molecule has 0 aliphatic heterocycles. The maximum absolute atomic E-state index is 9.25. The van der Waals surface area contributed by atoms with E-state index >= 15 is 0 Å². The van der Waals surface area contributed by atoms with Crippen molar-refractivity contribution in [3.05, 3.63) is 29.1 Å². The number of halogens is 1. The van der Waals surface area contributed by atoms with Crippen molar-refractivity contribution in [2.45, 2.75) is 13.3 Å². The third-order valence-electron chi connectivity index (χ3n) is 1.98. The predicted molar refractivity (Wildman–Crippen MR) is 55.8 cm³/mol. The highest BCUT2D eigenvalue weighted by atomic mass is 35.5. The lowest BCUT2D eigenvalue weighted by Gasteiger charge is -1.97. The number of nitrogens with zero attached hydrogens (tertiary/aromatic N) is 2. The van der Waals surface area contributed by atoms with Crippen LogP contribution in [0.5, 0.6) is 5.75 Å². The van der Waals surface area contributed by atoms with E-state index in [4.69, 9.17) is 16.1 Å². The van der Waals surface area contributed by atoms with E-state index < -0.39 is 0 Å². The van der Waals surface area contributed by atoms with Gasteiger partial charge in [0.15, 0.2) is 0 Å². The van der Waals surface area contributed by atoms with Crippen LogP contribution in [0.25, 0.3) is 11.4 Å².